The highest BCUT2D eigenvalue weighted by Gasteiger charge is 2.35. The highest BCUT2D eigenvalue weighted by molar-refractivity contribution is 5.86. The van der Waals surface area contributed by atoms with Crippen LogP contribution < -0.4 is 4.74 Å². The minimum Gasteiger partial charge on any atom is -0.484 e. The third kappa shape index (κ3) is 3.91. The van der Waals surface area contributed by atoms with E-state index in [1.165, 1.54) is 45.2 Å². The Morgan fingerprint density at radius 2 is 2.05 bits per heavy atom. The molecule has 0 atom stereocenters. The summed E-state index contributed by atoms with van der Waals surface area (Å²) in [5.74, 6) is -1.53. The Balaban J connectivity index is 2.71. The molecule has 0 aliphatic rings. The quantitative estimate of drug-likeness (QED) is 0.625. The molecule has 0 unspecified atom stereocenters. The Kier molecular flexibility index (Phi) is 4.85. The van der Waals surface area contributed by atoms with E-state index < -0.39 is 28.9 Å². The second-order valence-corrected chi connectivity index (χ2v) is 4.86. The third-order valence-electron chi connectivity index (χ3n) is 3.13. The molecular formula is C13H16N2O6. The van der Waals surface area contributed by atoms with Gasteiger partial charge in [0.25, 0.3) is 11.6 Å². The molecule has 0 fully saturated rings. The molecule has 0 aliphatic carbocycles. The van der Waals surface area contributed by atoms with Crippen molar-refractivity contribution in [1.82, 2.24) is 4.90 Å². The zero-order valence-electron chi connectivity index (χ0n) is 11.9. The van der Waals surface area contributed by atoms with Gasteiger partial charge < -0.3 is 14.7 Å². The molecule has 0 heterocycles. The number of aliphatic carboxylic acids is 1. The van der Waals surface area contributed by atoms with Gasteiger partial charge in [-0.15, -0.1) is 0 Å². The first-order valence-electron chi connectivity index (χ1n) is 6.03. The van der Waals surface area contributed by atoms with E-state index in [1.807, 2.05) is 0 Å². The SMILES string of the molecule is CN(C(=O)COc1cccc([N+](=O)[O-])c1)C(C)(C)C(=O)O. The first-order valence-corrected chi connectivity index (χ1v) is 6.03. The van der Waals surface area contributed by atoms with Crippen molar-refractivity contribution >= 4 is 17.6 Å². The minimum atomic E-state index is -1.37. The van der Waals surface area contributed by atoms with Gasteiger partial charge in [0.15, 0.2) is 6.61 Å². The van der Waals surface area contributed by atoms with Crippen LogP contribution >= 0.6 is 0 Å². The maximum absolute atomic E-state index is 11.9. The van der Waals surface area contributed by atoms with Crippen molar-refractivity contribution in [3.05, 3.63) is 34.4 Å². The number of carboxylic acid groups (broad SMARTS) is 1. The molecule has 0 aliphatic heterocycles. The van der Waals surface area contributed by atoms with Gasteiger partial charge in [0.1, 0.15) is 11.3 Å². The number of nitro benzene ring substituents is 1. The summed E-state index contributed by atoms with van der Waals surface area (Å²) in [5.41, 5.74) is -1.53. The van der Waals surface area contributed by atoms with Crippen LogP contribution in [0.15, 0.2) is 24.3 Å². The van der Waals surface area contributed by atoms with Crippen molar-refractivity contribution in [2.24, 2.45) is 0 Å². The van der Waals surface area contributed by atoms with E-state index in [-0.39, 0.29) is 11.4 Å². The van der Waals surface area contributed by atoms with Crippen LogP contribution in [0.25, 0.3) is 0 Å². The number of carboxylic acids is 1. The van der Waals surface area contributed by atoms with Gasteiger partial charge in [0.2, 0.25) is 0 Å². The molecule has 1 aromatic rings. The number of carbonyl (C=O) groups excluding carboxylic acids is 1. The summed E-state index contributed by atoms with van der Waals surface area (Å²) in [6.45, 7) is 2.37. The molecule has 8 nitrogen and oxygen atoms in total. The number of carbonyl (C=O) groups is 2. The van der Waals surface area contributed by atoms with Gasteiger partial charge in [-0.25, -0.2) is 4.79 Å². The maximum atomic E-state index is 11.9. The smallest absolute Gasteiger partial charge is 0.329 e. The van der Waals surface area contributed by atoms with Crippen LogP contribution in [0.2, 0.25) is 0 Å². The molecule has 0 saturated carbocycles. The van der Waals surface area contributed by atoms with Crippen LogP contribution in [0.5, 0.6) is 5.75 Å². The van der Waals surface area contributed by atoms with E-state index in [4.69, 9.17) is 9.84 Å². The number of rotatable bonds is 6. The summed E-state index contributed by atoms with van der Waals surface area (Å²) in [7, 11) is 1.35. The molecule has 8 heteroatoms. The Morgan fingerprint density at radius 1 is 1.43 bits per heavy atom. The molecule has 1 amide bonds. The Labute approximate surface area is 121 Å². The molecule has 0 spiro atoms. The fraction of sp³-hybridized carbons (Fsp3) is 0.385. The monoisotopic (exact) mass is 296 g/mol. The molecule has 1 aromatic carbocycles. The number of nitrogens with zero attached hydrogens (tertiary/aromatic N) is 2. The number of non-ortho nitro benzene ring substituents is 1. The highest BCUT2D eigenvalue weighted by atomic mass is 16.6. The predicted molar refractivity (Wildman–Crippen MR) is 73.1 cm³/mol. The zero-order valence-corrected chi connectivity index (χ0v) is 11.9. The molecule has 0 bridgehead atoms. The summed E-state index contributed by atoms with van der Waals surface area (Å²) in [6.07, 6.45) is 0. The Bertz CT molecular complexity index is 570. The molecule has 1 rings (SSSR count). The lowest BCUT2D eigenvalue weighted by atomic mass is 10.0. The standard InChI is InChI=1S/C13H16N2O6/c1-13(2,12(17)18)14(3)11(16)8-21-10-6-4-5-9(7-10)15(19)20/h4-7H,8H2,1-3H3,(H,17,18). The van der Waals surface area contributed by atoms with Gasteiger partial charge >= 0.3 is 5.97 Å². The number of benzene rings is 1. The average Bonchev–Trinajstić information content (AvgIpc) is 2.43. The predicted octanol–water partition coefficient (Wildman–Crippen LogP) is 1.30. The number of likely N-dealkylation sites (N-methyl/N-ethyl adjacent to an activating group) is 1. The van der Waals surface area contributed by atoms with Gasteiger partial charge in [-0.1, -0.05) is 6.07 Å². The summed E-state index contributed by atoms with van der Waals surface area (Å²) in [6, 6.07) is 5.40. The minimum absolute atomic E-state index is 0.154. The maximum Gasteiger partial charge on any atom is 0.329 e. The second kappa shape index (κ2) is 6.21. The Hall–Kier alpha value is -2.64. The van der Waals surface area contributed by atoms with Gasteiger partial charge in [-0.3, -0.25) is 14.9 Å². The first-order chi connectivity index (χ1) is 9.66. The van der Waals surface area contributed by atoms with Crippen LogP contribution in [0.4, 0.5) is 5.69 Å². The summed E-state index contributed by atoms with van der Waals surface area (Å²) < 4.78 is 5.17. The fourth-order valence-corrected chi connectivity index (χ4v) is 1.38. The van der Waals surface area contributed by atoms with Crippen LogP contribution in [-0.2, 0) is 9.59 Å². The van der Waals surface area contributed by atoms with E-state index in [0.29, 0.717) is 0 Å². The number of nitro groups is 1. The summed E-state index contributed by atoms with van der Waals surface area (Å²) >= 11 is 0. The largest absolute Gasteiger partial charge is 0.484 e. The number of amides is 1. The number of hydrogen-bond donors (Lipinski definition) is 1. The lowest BCUT2D eigenvalue weighted by molar-refractivity contribution is -0.384. The molecule has 0 saturated heterocycles. The van der Waals surface area contributed by atoms with Crippen molar-refractivity contribution in [2.75, 3.05) is 13.7 Å². The second-order valence-electron chi connectivity index (χ2n) is 4.86. The van der Waals surface area contributed by atoms with Crippen molar-refractivity contribution in [2.45, 2.75) is 19.4 Å². The molecule has 114 valence electrons. The summed E-state index contributed by atoms with van der Waals surface area (Å²) in [5, 5.41) is 19.6. The van der Waals surface area contributed by atoms with E-state index in [2.05, 4.69) is 0 Å². The molecular weight excluding hydrogens is 280 g/mol. The van der Waals surface area contributed by atoms with E-state index >= 15 is 0 Å². The first kappa shape index (κ1) is 16.4. The van der Waals surface area contributed by atoms with Crippen molar-refractivity contribution in [3.63, 3.8) is 0 Å². The molecule has 0 radical (unpaired) electrons. The Morgan fingerprint density at radius 3 is 2.57 bits per heavy atom. The van der Waals surface area contributed by atoms with E-state index in [1.54, 1.807) is 0 Å². The third-order valence-corrected chi connectivity index (χ3v) is 3.13. The average molecular weight is 296 g/mol. The van der Waals surface area contributed by atoms with Crippen LogP contribution in [0.3, 0.4) is 0 Å². The van der Waals surface area contributed by atoms with Crippen LogP contribution in [0, 0.1) is 10.1 Å². The fourth-order valence-electron chi connectivity index (χ4n) is 1.38. The van der Waals surface area contributed by atoms with Gasteiger partial charge in [-0.2, -0.15) is 0 Å². The van der Waals surface area contributed by atoms with E-state index in [0.717, 1.165) is 4.90 Å². The molecule has 0 aromatic heterocycles. The van der Waals surface area contributed by atoms with Crippen LogP contribution in [-0.4, -0.2) is 46.0 Å². The number of ether oxygens (including phenoxy) is 1. The molecule has 1 N–H and O–H groups in total. The molecule has 21 heavy (non-hydrogen) atoms. The van der Waals surface area contributed by atoms with Crippen molar-refractivity contribution in [3.8, 4) is 5.75 Å². The van der Waals surface area contributed by atoms with Crippen LogP contribution in [0.1, 0.15) is 13.8 Å². The van der Waals surface area contributed by atoms with Gasteiger partial charge in [0.05, 0.1) is 11.0 Å². The summed E-state index contributed by atoms with van der Waals surface area (Å²) in [4.78, 5) is 34.0. The van der Waals surface area contributed by atoms with E-state index in [9.17, 15) is 19.7 Å². The lowest BCUT2D eigenvalue weighted by Gasteiger charge is -2.31. The van der Waals surface area contributed by atoms with Crippen molar-refractivity contribution < 1.29 is 24.4 Å². The normalized spacial score (nSPS) is 10.8. The van der Waals surface area contributed by atoms with Gasteiger partial charge in [-0.05, 0) is 19.9 Å². The zero-order chi connectivity index (χ0) is 16.2. The highest BCUT2D eigenvalue weighted by Crippen LogP contribution is 2.19. The number of hydrogen-bond acceptors (Lipinski definition) is 5. The topological polar surface area (TPSA) is 110 Å². The van der Waals surface area contributed by atoms with Gasteiger partial charge in [0, 0.05) is 13.1 Å². The lowest BCUT2D eigenvalue weighted by Crippen LogP contribution is -2.52. The van der Waals surface area contributed by atoms with Crippen molar-refractivity contribution in [1.29, 1.82) is 0 Å².